The van der Waals surface area contributed by atoms with Crippen LogP contribution in [0.2, 0.25) is 0 Å². The molecule has 0 rings (SSSR count). The average Bonchev–Trinajstić information content (AvgIpc) is 2.57. The molecule has 0 saturated carbocycles. The molecule has 49 heteroatoms. The van der Waals surface area contributed by atoms with Gasteiger partial charge in [-0.25, -0.2) is 0 Å². The van der Waals surface area contributed by atoms with Gasteiger partial charge in [-0.2, -0.15) is 0 Å². The van der Waals surface area contributed by atoms with Crippen LogP contribution in [0.25, 0.3) is 0 Å². The van der Waals surface area contributed by atoms with Crippen molar-refractivity contribution in [2.75, 3.05) is 0 Å². The average molecular weight is 1020 g/mol. The van der Waals surface area contributed by atoms with Crippen LogP contribution in [0.5, 0.6) is 0 Å². The van der Waals surface area contributed by atoms with Gasteiger partial charge in [0.05, 0.1) is 0 Å². The molecule has 0 aromatic rings. The van der Waals surface area contributed by atoms with Crippen LogP contribution in [-0.4, -0.2) is 117 Å². The molecule has 0 aromatic carbocycles. The van der Waals surface area contributed by atoms with Crippen LogP contribution >= 0.6 is 72.8 Å². The summed E-state index contributed by atoms with van der Waals surface area (Å²) < 4.78 is 150. The van der Waals surface area contributed by atoms with Crippen molar-refractivity contribution >= 4 is 72.8 Å². The standard InChI is InChI=1S/12HO3P.V/c12*1-4(2)3;/h12*(H-,1,2,3);/q;;;;;;;;;;;;-12/p+12. The minimum absolute atomic E-state index is 11.0. The van der Waals surface area contributed by atoms with Gasteiger partial charge in [0, 0.05) is 0 Å². The summed E-state index contributed by atoms with van der Waals surface area (Å²) in [4.78, 5) is 263. The SMILES string of the molecule is O=[P](O)(O)[V]([P](=O)(O)O)([P](=O)(O)O)([P](=O)(O)O)([P](=O)(O)O)([P](=O)(O)O)([P](=O)(O)O)([P](=O)(O)O)([P](=O)(O)O)([P](=O)(O)O)([P](=O)(O)O)[P](=O)(O)O. The third kappa shape index (κ3) is 0.743. The summed E-state index contributed by atoms with van der Waals surface area (Å²) in [6, 6.07) is -175. The zero-order valence-electron chi connectivity index (χ0n) is 21.4. The van der Waals surface area contributed by atoms with Gasteiger partial charge in [-0.3, -0.25) is 0 Å². The fraction of sp³-hybridized carbons (Fsp3) is 0. The molecule has 0 aliphatic carbocycles. The molecule has 0 fully saturated rings. The van der Waals surface area contributed by atoms with Crippen LogP contribution in [0.15, 0.2) is 0 Å². The molecule has 0 bridgehead atoms. The normalized spacial score (nSPS) is 25.5. The van der Waals surface area contributed by atoms with Crippen LogP contribution in [0.3, 0.4) is 0 Å². The molecular weight excluding hydrogens is 999 g/mol. The molecule has 24 N–H and O–H groups in total. The molecule has 0 unspecified atom stereocenters. The van der Waals surface area contributed by atoms with E-state index in [4.69, 9.17) is 0 Å². The van der Waals surface area contributed by atoms with Crippen molar-refractivity contribution < 1.29 is 172 Å². The maximum atomic E-state index is 14.7. The van der Waals surface area contributed by atoms with Gasteiger partial charge in [-0.15, -0.1) is 0 Å². The second kappa shape index (κ2) is 6.24. The Labute approximate surface area is 244 Å². The molecule has 0 aliphatic rings. The van der Waals surface area contributed by atoms with Gasteiger partial charge < -0.3 is 0 Å². The van der Waals surface area contributed by atoms with Gasteiger partial charge in [-0.1, -0.05) is 0 Å². The van der Waals surface area contributed by atoms with E-state index in [9.17, 15) is 172 Å². The predicted octanol–water partition coefficient (Wildman–Crippen LogP) is -4.46. The molecule has 36 nitrogen and oxygen atoms in total. The van der Waals surface area contributed by atoms with E-state index in [0.717, 1.165) is 0 Å². The maximum absolute atomic E-state index is 26.2. The summed E-state index contributed by atoms with van der Waals surface area (Å²) in [5.41, 5.74) is 0. The number of hydrogen-bond acceptors (Lipinski definition) is 12. The summed E-state index contributed by atoms with van der Waals surface area (Å²) in [5.74, 6) is 0. The Balaban J connectivity index is 18.6. The van der Waals surface area contributed by atoms with Crippen molar-refractivity contribution in [3.63, 3.8) is 0 Å². The van der Waals surface area contributed by atoms with E-state index < -0.39 is 72.2 Å². The quantitative estimate of drug-likeness (QED) is 0.0820. The van der Waals surface area contributed by atoms with E-state index in [1.54, 1.807) is 0 Å². The van der Waals surface area contributed by atoms with Gasteiger partial charge in [0.2, 0.25) is 0 Å². The summed E-state index contributed by atoms with van der Waals surface area (Å²) in [5, 5.41) is 0. The van der Waals surface area contributed by atoms with E-state index in [1.165, 1.54) is 0 Å². The van der Waals surface area contributed by atoms with E-state index in [1.807, 2.05) is 0 Å². The monoisotopic (exact) mass is 1020 g/mol. The zero-order valence-corrected chi connectivity index (χ0v) is 33.6. The zero-order chi connectivity index (χ0) is 42.3. The number of rotatable bonds is 12. The molecule has 0 heterocycles. The molecule has 305 valence electrons. The Hall–Kier alpha value is 2.38. The fourth-order valence-corrected chi connectivity index (χ4v) is 372. The molecule has 49 heavy (non-hydrogen) atoms. The van der Waals surface area contributed by atoms with Crippen molar-refractivity contribution in [3.8, 4) is 0 Å². The van der Waals surface area contributed by atoms with Gasteiger partial charge >= 0.3 is 244 Å². The van der Waals surface area contributed by atoms with Crippen molar-refractivity contribution in [2.45, 2.75) is 0 Å². The Morgan fingerprint density at radius 1 is 0.163 bits per heavy atom. The van der Waals surface area contributed by atoms with Crippen molar-refractivity contribution in [2.24, 2.45) is 0 Å². The molecular formula is H24O36P12V. The molecule has 0 atom stereocenters. The Morgan fingerprint density at radius 2 is 0.204 bits per heavy atom. The van der Waals surface area contributed by atoms with E-state index >= 15 is 0 Å². The first-order valence-electron chi connectivity index (χ1n) is 9.39. The van der Waals surface area contributed by atoms with Gasteiger partial charge in [0.15, 0.2) is 0 Å². The van der Waals surface area contributed by atoms with Crippen molar-refractivity contribution in [1.82, 2.24) is 0 Å². The third-order valence-electron chi connectivity index (χ3n) is 15.4. The molecule has 0 aromatic heterocycles. The number of hydrogen-bond donors (Lipinski definition) is 24. The van der Waals surface area contributed by atoms with Crippen LogP contribution in [0, 0.1) is 0 Å². The van der Waals surface area contributed by atoms with Gasteiger partial charge in [-0.05, 0) is 0 Å². The third-order valence-corrected chi connectivity index (χ3v) is 571. The van der Waals surface area contributed by atoms with E-state index in [-0.39, 0.29) is 0 Å². The van der Waals surface area contributed by atoms with E-state index in [0.29, 0.717) is 0 Å². The summed E-state index contributed by atoms with van der Waals surface area (Å²) in [7, 11) is 0. The predicted molar refractivity (Wildman–Crippen MR) is 145 cm³/mol. The Morgan fingerprint density at radius 3 is 0.204 bits per heavy atom. The molecule has 0 amide bonds. The Kier molecular flexibility index (Phi) is 6.54. The van der Waals surface area contributed by atoms with Crippen LogP contribution in [0.1, 0.15) is 0 Å². The molecule has 0 spiro atoms. The van der Waals surface area contributed by atoms with Crippen molar-refractivity contribution in [3.05, 3.63) is 0 Å². The second-order valence-electron chi connectivity index (χ2n) is 12.1. The summed E-state index contributed by atoms with van der Waals surface area (Å²) in [6.07, 6.45) is 0. The first-order valence-corrected chi connectivity index (χ1v) is 50.7. The van der Waals surface area contributed by atoms with Crippen molar-refractivity contribution in [1.29, 1.82) is 0 Å². The van der Waals surface area contributed by atoms with Gasteiger partial charge in [0.25, 0.3) is 0 Å². The minimum atomic E-state index is -26.2. The first kappa shape index (κ1) is 51.4. The topological polar surface area (TPSA) is 690 Å². The molecule has 0 saturated heterocycles. The Bertz CT molecular complexity index is 1880. The molecule has 0 aliphatic heterocycles. The first-order chi connectivity index (χ1) is 19.7. The van der Waals surface area contributed by atoms with Crippen LogP contribution in [0.4, 0.5) is 0 Å². The summed E-state index contributed by atoms with van der Waals surface area (Å²) in [6.45, 7) is 0. The molecule has 0 radical (unpaired) electrons. The van der Waals surface area contributed by atoms with Crippen LogP contribution < -0.4 is 0 Å². The van der Waals surface area contributed by atoms with E-state index in [2.05, 4.69) is 0 Å². The summed E-state index contributed by atoms with van der Waals surface area (Å²) >= 11 is 0. The second-order valence-corrected chi connectivity index (χ2v) is 267. The fourth-order valence-electron chi connectivity index (χ4n) is 10.0. The van der Waals surface area contributed by atoms with Gasteiger partial charge in [0.1, 0.15) is 0 Å². The van der Waals surface area contributed by atoms with Crippen LogP contribution in [-0.2, 0) is 54.2 Å².